The lowest BCUT2D eigenvalue weighted by Gasteiger charge is -2.33. The maximum Gasteiger partial charge on any atom is 0.163 e. The number of anilines is 1. The molecule has 6 heteroatoms. The summed E-state index contributed by atoms with van der Waals surface area (Å²) < 4.78 is 10.7. The molecule has 0 radical (unpaired) electrons. The molecule has 1 aliphatic heterocycles. The second-order valence-corrected chi connectivity index (χ2v) is 7.48. The van der Waals surface area contributed by atoms with E-state index in [0.29, 0.717) is 40.7 Å². The van der Waals surface area contributed by atoms with E-state index in [1.54, 1.807) is 44.6 Å². The zero-order valence-corrected chi connectivity index (χ0v) is 18.1. The number of methoxy groups -OCH3 is 2. The Kier molecular flexibility index (Phi) is 7.00. The summed E-state index contributed by atoms with van der Waals surface area (Å²) in [6, 6.07) is 11.4. The average molecular weight is 411 g/mol. The SMILES string of the molecule is CCC(=O)C(=Cc1ccc(N2CCNC(C)C2)cc1O)c1cc(OC)cc(OC)c1. The van der Waals surface area contributed by atoms with Crippen molar-refractivity contribution in [1.29, 1.82) is 0 Å². The molecule has 30 heavy (non-hydrogen) atoms. The molecule has 1 heterocycles. The molecule has 1 fully saturated rings. The molecule has 3 rings (SSSR count). The molecule has 0 aliphatic carbocycles. The number of hydrogen-bond donors (Lipinski definition) is 2. The number of Topliss-reactive ketones (excluding diaryl/α,β-unsaturated/α-hetero) is 1. The van der Waals surface area contributed by atoms with Crippen LogP contribution in [0.15, 0.2) is 36.4 Å². The average Bonchev–Trinajstić information content (AvgIpc) is 2.77. The van der Waals surface area contributed by atoms with E-state index in [0.717, 1.165) is 25.3 Å². The van der Waals surface area contributed by atoms with Gasteiger partial charge in [0.15, 0.2) is 5.78 Å². The Bertz CT molecular complexity index is 917. The number of phenols is 1. The highest BCUT2D eigenvalue weighted by molar-refractivity contribution is 6.25. The van der Waals surface area contributed by atoms with Gasteiger partial charge in [0.25, 0.3) is 0 Å². The molecule has 0 spiro atoms. The molecular formula is C24H30N2O4. The van der Waals surface area contributed by atoms with E-state index in [9.17, 15) is 9.90 Å². The summed E-state index contributed by atoms with van der Waals surface area (Å²) in [6.45, 7) is 6.66. The maximum absolute atomic E-state index is 12.7. The van der Waals surface area contributed by atoms with Gasteiger partial charge in [-0.1, -0.05) is 6.92 Å². The number of carbonyl (C=O) groups excluding carboxylic acids is 1. The zero-order chi connectivity index (χ0) is 21.7. The van der Waals surface area contributed by atoms with E-state index in [-0.39, 0.29) is 11.5 Å². The van der Waals surface area contributed by atoms with Gasteiger partial charge < -0.3 is 24.8 Å². The van der Waals surface area contributed by atoms with Crippen LogP contribution in [0.5, 0.6) is 17.2 Å². The highest BCUT2D eigenvalue weighted by Crippen LogP contribution is 2.32. The van der Waals surface area contributed by atoms with Crippen LogP contribution in [-0.4, -0.2) is 50.8 Å². The normalized spacial score (nSPS) is 17.0. The van der Waals surface area contributed by atoms with Crippen LogP contribution in [0.2, 0.25) is 0 Å². The Labute approximate surface area is 178 Å². The summed E-state index contributed by atoms with van der Waals surface area (Å²) >= 11 is 0. The first-order valence-corrected chi connectivity index (χ1v) is 10.2. The standard InChI is InChI=1S/C24H30N2O4/c1-5-23(27)22(18-10-20(29-3)14-21(11-18)30-4)12-17-6-7-19(13-24(17)28)26-9-8-25-16(2)15-26/h6-7,10-14,16,25,28H,5,8-9,15H2,1-4H3. The number of carbonyl (C=O) groups is 1. The van der Waals surface area contributed by atoms with Gasteiger partial charge in [-0.05, 0) is 42.8 Å². The van der Waals surface area contributed by atoms with Gasteiger partial charge in [-0.3, -0.25) is 4.79 Å². The van der Waals surface area contributed by atoms with E-state index in [4.69, 9.17) is 9.47 Å². The topological polar surface area (TPSA) is 71.0 Å². The smallest absolute Gasteiger partial charge is 0.163 e. The first-order valence-electron chi connectivity index (χ1n) is 10.2. The lowest BCUT2D eigenvalue weighted by atomic mass is 9.96. The van der Waals surface area contributed by atoms with E-state index in [1.165, 1.54) is 0 Å². The van der Waals surface area contributed by atoms with Gasteiger partial charge in [0, 0.05) is 61.1 Å². The van der Waals surface area contributed by atoms with Gasteiger partial charge in [0.05, 0.1) is 14.2 Å². The van der Waals surface area contributed by atoms with Crippen molar-refractivity contribution < 1.29 is 19.4 Å². The van der Waals surface area contributed by atoms with Crippen molar-refractivity contribution in [2.75, 3.05) is 38.8 Å². The number of phenolic OH excluding ortho intramolecular Hbond substituents is 1. The second-order valence-electron chi connectivity index (χ2n) is 7.48. The third-order valence-corrected chi connectivity index (χ3v) is 5.33. The minimum atomic E-state index is -0.0234. The monoisotopic (exact) mass is 410 g/mol. The molecule has 2 aromatic rings. The third kappa shape index (κ3) is 4.94. The van der Waals surface area contributed by atoms with Crippen molar-refractivity contribution in [3.63, 3.8) is 0 Å². The lowest BCUT2D eigenvalue weighted by Crippen LogP contribution is -2.49. The number of hydrogen-bond acceptors (Lipinski definition) is 6. The Hall–Kier alpha value is -2.99. The summed E-state index contributed by atoms with van der Waals surface area (Å²) in [5.41, 5.74) is 2.77. The largest absolute Gasteiger partial charge is 0.507 e. The lowest BCUT2D eigenvalue weighted by molar-refractivity contribution is -0.113. The highest BCUT2D eigenvalue weighted by Gasteiger charge is 2.18. The van der Waals surface area contributed by atoms with Crippen LogP contribution < -0.4 is 19.7 Å². The first kappa shape index (κ1) is 21.7. The molecule has 0 saturated carbocycles. The molecule has 6 nitrogen and oxygen atoms in total. The van der Waals surface area contributed by atoms with E-state index >= 15 is 0 Å². The minimum absolute atomic E-state index is 0.0234. The number of aromatic hydroxyl groups is 1. The number of ketones is 1. The molecule has 1 atom stereocenters. The predicted molar refractivity (Wildman–Crippen MR) is 120 cm³/mol. The first-order chi connectivity index (χ1) is 14.4. The molecular weight excluding hydrogens is 380 g/mol. The van der Waals surface area contributed by atoms with Gasteiger partial charge in [0.1, 0.15) is 17.2 Å². The number of piperazine rings is 1. The molecule has 1 saturated heterocycles. The summed E-state index contributed by atoms with van der Waals surface area (Å²) in [6.07, 6.45) is 2.09. The molecule has 160 valence electrons. The zero-order valence-electron chi connectivity index (χ0n) is 18.1. The quantitative estimate of drug-likeness (QED) is 0.535. The van der Waals surface area contributed by atoms with Crippen molar-refractivity contribution in [2.24, 2.45) is 0 Å². The van der Waals surface area contributed by atoms with Crippen LogP contribution in [0, 0.1) is 0 Å². The van der Waals surface area contributed by atoms with Crippen LogP contribution in [0.25, 0.3) is 11.6 Å². The number of benzene rings is 2. The summed E-state index contributed by atoms with van der Waals surface area (Å²) in [4.78, 5) is 15.0. The fraction of sp³-hybridized carbons (Fsp3) is 0.375. The van der Waals surface area contributed by atoms with Crippen molar-refractivity contribution in [1.82, 2.24) is 5.32 Å². The van der Waals surface area contributed by atoms with Crippen LogP contribution in [0.3, 0.4) is 0 Å². The van der Waals surface area contributed by atoms with Crippen LogP contribution in [0.4, 0.5) is 5.69 Å². The van der Waals surface area contributed by atoms with Gasteiger partial charge in [0.2, 0.25) is 0 Å². The number of nitrogens with zero attached hydrogens (tertiary/aromatic N) is 1. The molecule has 0 amide bonds. The Balaban J connectivity index is 1.99. The molecule has 0 bridgehead atoms. The number of ether oxygens (including phenoxy) is 2. The maximum atomic E-state index is 12.7. The summed E-state index contributed by atoms with van der Waals surface area (Å²) in [5.74, 6) is 1.33. The fourth-order valence-corrected chi connectivity index (χ4v) is 3.65. The number of allylic oxidation sites excluding steroid dienone is 1. The molecule has 2 aromatic carbocycles. The molecule has 1 aliphatic rings. The van der Waals surface area contributed by atoms with Gasteiger partial charge in [-0.25, -0.2) is 0 Å². The number of nitrogens with one attached hydrogen (secondary N) is 1. The van der Waals surface area contributed by atoms with Crippen molar-refractivity contribution >= 4 is 23.1 Å². The molecule has 2 N–H and O–H groups in total. The van der Waals surface area contributed by atoms with Crippen molar-refractivity contribution in [2.45, 2.75) is 26.3 Å². The van der Waals surface area contributed by atoms with Gasteiger partial charge in [-0.15, -0.1) is 0 Å². The summed E-state index contributed by atoms with van der Waals surface area (Å²) in [7, 11) is 3.15. The van der Waals surface area contributed by atoms with Crippen LogP contribution in [0.1, 0.15) is 31.4 Å². The Morgan fingerprint density at radius 3 is 2.47 bits per heavy atom. The van der Waals surface area contributed by atoms with E-state index in [2.05, 4.69) is 17.1 Å². The Morgan fingerprint density at radius 1 is 1.20 bits per heavy atom. The summed E-state index contributed by atoms with van der Waals surface area (Å²) in [5, 5.41) is 14.1. The van der Waals surface area contributed by atoms with Gasteiger partial charge in [-0.2, -0.15) is 0 Å². The minimum Gasteiger partial charge on any atom is -0.507 e. The van der Waals surface area contributed by atoms with Crippen molar-refractivity contribution in [3.8, 4) is 17.2 Å². The third-order valence-electron chi connectivity index (χ3n) is 5.33. The van der Waals surface area contributed by atoms with Crippen molar-refractivity contribution in [3.05, 3.63) is 47.5 Å². The van der Waals surface area contributed by atoms with E-state index in [1.807, 2.05) is 19.1 Å². The van der Waals surface area contributed by atoms with Gasteiger partial charge >= 0.3 is 0 Å². The molecule has 0 aromatic heterocycles. The molecule has 1 unspecified atom stereocenters. The second kappa shape index (κ2) is 9.67. The number of rotatable bonds is 7. The Morgan fingerprint density at radius 2 is 1.90 bits per heavy atom. The fourth-order valence-electron chi connectivity index (χ4n) is 3.65. The van der Waals surface area contributed by atoms with Crippen LogP contribution >= 0.6 is 0 Å². The van der Waals surface area contributed by atoms with Crippen LogP contribution in [-0.2, 0) is 4.79 Å². The van der Waals surface area contributed by atoms with E-state index < -0.39 is 0 Å². The predicted octanol–water partition coefficient (Wildman–Crippen LogP) is 3.73. The highest BCUT2D eigenvalue weighted by atomic mass is 16.5.